The van der Waals surface area contributed by atoms with Crippen LogP contribution in [0.25, 0.3) is 10.9 Å². The van der Waals surface area contributed by atoms with Gasteiger partial charge in [0.05, 0.1) is 0 Å². The summed E-state index contributed by atoms with van der Waals surface area (Å²) in [4.78, 5) is 15.3. The van der Waals surface area contributed by atoms with E-state index in [2.05, 4.69) is 46.9 Å². The highest BCUT2D eigenvalue weighted by Crippen LogP contribution is 2.21. The van der Waals surface area contributed by atoms with Crippen LogP contribution in [0.3, 0.4) is 0 Å². The fourth-order valence-corrected chi connectivity index (χ4v) is 3.90. The molecule has 1 aliphatic rings. The number of H-pyrrole nitrogens is 1. The van der Waals surface area contributed by atoms with Gasteiger partial charge in [-0.05, 0) is 24.5 Å². The van der Waals surface area contributed by atoms with Gasteiger partial charge in [0.1, 0.15) is 0 Å². The molecule has 1 fully saturated rings. The lowest BCUT2D eigenvalue weighted by Gasteiger charge is -2.22. The third-order valence-electron chi connectivity index (χ3n) is 4.16. The molecule has 2 aromatic rings. The molecule has 1 saturated heterocycles. The molecular weight excluding hydrogens is 330 g/mol. The van der Waals surface area contributed by atoms with E-state index >= 15 is 0 Å². The first-order valence-electron chi connectivity index (χ1n) is 7.87. The third-order valence-corrected chi connectivity index (χ3v) is 5.29. The van der Waals surface area contributed by atoms with Crippen molar-refractivity contribution in [1.82, 2.24) is 15.6 Å². The van der Waals surface area contributed by atoms with Gasteiger partial charge in [0.2, 0.25) is 5.91 Å². The van der Waals surface area contributed by atoms with Crippen LogP contribution in [0, 0.1) is 6.92 Å². The molecule has 23 heavy (non-hydrogen) atoms. The van der Waals surface area contributed by atoms with Crippen LogP contribution in [0.15, 0.2) is 24.4 Å². The second-order valence-corrected chi connectivity index (χ2v) is 6.99. The van der Waals surface area contributed by atoms with Crippen LogP contribution < -0.4 is 10.6 Å². The number of aromatic amines is 1. The summed E-state index contributed by atoms with van der Waals surface area (Å²) < 4.78 is 0. The molecule has 2 heterocycles. The number of aromatic nitrogens is 1. The van der Waals surface area contributed by atoms with Gasteiger partial charge >= 0.3 is 0 Å². The molecule has 3 N–H and O–H groups in total. The summed E-state index contributed by atoms with van der Waals surface area (Å²) in [5.74, 6) is 2.34. The average Bonchev–Trinajstić information content (AvgIpc) is 2.93. The van der Waals surface area contributed by atoms with Crippen LogP contribution in [0.2, 0.25) is 0 Å². The number of fused-ring (bicyclic) bond motifs is 1. The lowest BCUT2D eigenvalue weighted by molar-refractivity contribution is -0.121. The van der Waals surface area contributed by atoms with E-state index in [4.69, 9.17) is 0 Å². The van der Waals surface area contributed by atoms with Gasteiger partial charge in [-0.3, -0.25) is 4.79 Å². The number of hydrogen-bond acceptors (Lipinski definition) is 3. The van der Waals surface area contributed by atoms with Crippen molar-refractivity contribution < 1.29 is 4.79 Å². The highest BCUT2D eigenvalue weighted by molar-refractivity contribution is 7.99. The zero-order chi connectivity index (χ0) is 15.4. The van der Waals surface area contributed by atoms with Crippen LogP contribution >= 0.6 is 24.2 Å². The minimum atomic E-state index is 0. The molecule has 1 unspecified atom stereocenters. The van der Waals surface area contributed by atoms with Gasteiger partial charge in [-0.1, -0.05) is 18.2 Å². The first kappa shape index (κ1) is 18.2. The number of aryl methyl sites for hydroxylation is 1. The van der Waals surface area contributed by atoms with Crippen molar-refractivity contribution in [2.75, 3.05) is 24.6 Å². The number of para-hydroxylation sites is 1. The number of thioether (sulfide) groups is 1. The Bertz CT molecular complexity index is 652. The van der Waals surface area contributed by atoms with Gasteiger partial charge in [-0.25, -0.2) is 0 Å². The smallest absolute Gasteiger partial charge is 0.221 e. The Morgan fingerprint density at radius 3 is 3.09 bits per heavy atom. The SMILES string of the molecule is Cc1cccc2c(CCNC(=O)CC3CSCCN3)c[nH]c12.Cl. The molecule has 1 aromatic carbocycles. The Hall–Kier alpha value is -1.17. The molecule has 0 bridgehead atoms. The lowest BCUT2D eigenvalue weighted by Crippen LogP contribution is -2.41. The number of carbonyl (C=O) groups excluding carboxylic acids is 1. The van der Waals surface area contributed by atoms with Gasteiger partial charge in [0, 0.05) is 54.2 Å². The number of rotatable bonds is 5. The van der Waals surface area contributed by atoms with Gasteiger partial charge < -0.3 is 15.6 Å². The predicted molar refractivity (Wildman–Crippen MR) is 101 cm³/mol. The molecule has 4 nitrogen and oxygen atoms in total. The zero-order valence-corrected chi connectivity index (χ0v) is 15.0. The number of halogens is 1. The van der Waals surface area contributed by atoms with E-state index in [1.54, 1.807) is 0 Å². The molecule has 6 heteroatoms. The number of benzene rings is 1. The standard InChI is InChI=1S/C17H23N3OS.ClH/c1-12-3-2-4-15-13(10-20-17(12)15)5-6-19-16(21)9-14-11-22-8-7-18-14;/h2-4,10,14,18,20H,5-9,11H2,1H3,(H,19,21);1H. The largest absolute Gasteiger partial charge is 0.361 e. The Balaban J connectivity index is 0.00000192. The fourth-order valence-electron chi connectivity index (χ4n) is 2.95. The maximum Gasteiger partial charge on any atom is 0.221 e. The summed E-state index contributed by atoms with van der Waals surface area (Å²) in [6.45, 7) is 3.82. The van der Waals surface area contributed by atoms with Crippen molar-refractivity contribution >= 4 is 41.0 Å². The summed E-state index contributed by atoms with van der Waals surface area (Å²) >= 11 is 1.92. The van der Waals surface area contributed by atoms with Crippen molar-refractivity contribution in [2.24, 2.45) is 0 Å². The second-order valence-electron chi connectivity index (χ2n) is 5.84. The second kappa shape index (κ2) is 8.62. The Kier molecular flexibility index (Phi) is 6.81. The first-order valence-corrected chi connectivity index (χ1v) is 9.03. The highest BCUT2D eigenvalue weighted by Gasteiger charge is 2.16. The summed E-state index contributed by atoms with van der Waals surface area (Å²) in [7, 11) is 0. The molecule has 1 amide bonds. The summed E-state index contributed by atoms with van der Waals surface area (Å²) in [5.41, 5.74) is 3.73. The quantitative estimate of drug-likeness (QED) is 0.774. The van der Waals surface area contributed by atoms with E-state index in [9.17, 15) is 4.79 Å². The maximum atomic E-state index is 12.0. The Morgan fingerprint density at radius 1 is 1.43 bits per heavy atom. The maximum absolute atomic E-state index is 12.0. The molecule has 1 atom stereocenters. The Morgan fingerprint density at radius 2 is 2.30 bits per heavy atom. The van der Waals surface area contributed by atoms with E-state index < -0.39 is 0 Å². The molecule has 3 rings (SSSR count). The van der Waals surface area contributed by atoms with Crippen molar-refractivity contribution in [3.63, 3.8) is 0 Å². The van der Waals surface area contributed by atoms with Crippen LogP contribution in [-0.2, 0) is 11.2 Å². The average molecular weight is 354 g/mol. The van der Waals surface area contributed by atoms with Crippen molar-refractivity contribution in [1.29, 1.82) is 0 Å². The van der Waals surface area contributed by atoms with Gasteiger partial charge in [-0.2, -0.15) is 11.8 Å². The van der Waals surface area contributed by atoms with Crippen LogP contribution in [0.5, 0.6) is 0 Å². The van der Waals surface area contributed by atoms with Crippen LogP contribution in [-0.4, -0.2) is 41.5 Å². The molecule has 126 valence electrons. The topological polar surface area (TPSA) is 56.9 Å². The molecule has 0 aliphatic carbocycles. The predicted octanol–water partition coefficient (Wildman–Crippen LogP) is 2.65. The van der Waals surface area contributed by atoms with Gasteiger partial charge in [-0.15, -0.1) is 12.4 Å². The van der Waals surface area contributed by atoms with Crippen molar-refractivity contribution in [3.05, 3.63) is 35.5 Å². The van der Waals surface area contributed by atoms with Gasteiger partial charge in [0.25, 0.3) is 0 Å². The van der Waals surface area contributed by atoms with Crippen molar-refractivity contribution in [2.45, 2.75) is 25.8 Å². The fraction of sp³-hybridized carbons (Fsp3) is 0.471. The normalized spacial score (nSPS) is 17.7. The van der Waals surface area contributed by atoms with Gasteiger partial charge in [0.15, 0.2) is 0 Å². The number of amides is 1. The summed E-state index contributed by atoms with van der Waals surface area (Å²) in [6, 6.07) is 6.66. The summed E-state index contributed by atoms with van der Waals surface area (Å²) in [6.07, 6.45) is 3.51. The van der Waals surface area contributed by atoms with Crippen LogP contribution in [0.1, 0.15) is 17.5 Å². The molecule has 0 radical (unpaired) electrons. The summed E-state index contributed by atoms with van der Waals surface area (Å²) in [5, 5.41) is 7.71. The molecule has 0 spiro atoms. The van der Waals surface area contributed by atoms with Crippen molar-refractivity contribution in [3.8, 4) is 0 Å². The monoisotopic (exact) mass is 353 g/mol. The number of carbonyl (C=O) groups is 1. The Labute approximate surface area is 147 Å². The zero-order valence-electron chi connectivity index (χ0n) is 13.4. The number of nitrogens with one attached hydrogen (secondary N) is 3. The van der Waals surface area contributed by atoms with Crippen LogP contribution in [0.4, 0.5) is 0 Å². The molecular formula is C17H24ClN3OS. The third kappa shape index (κ3) is 4.66. The van der Waals surface area contributed by atoms with E-state index in [-0.39, 0.29) is 18.3 Å². The molecule has 1 aromatic heterocycles. The number of hydrogen-bond donors (Lipinski definition) is 3. The lowest BCUT2D eigenvalue weighted by atomic mass is 10.1. The first-order chi connectivity index (χ1) is 10.7. The minimum absolute atomic E-state index is 0. The van der Waals surface area contributed by atoms with E-state index in [1.807, 2.05) is 11.8 Å². The van der Waals surface area contributed by atoms with E-state index in [0.29, 0.717) is 19.0 Å². The minimum Gasteiger partial charge on any atom is -0.361 e. The molecule has 0 saturated carbocycles. The van der Waals surface area contributed by atoms with E-state index in [1.165, 1.54) is 22.0 Å². The highest BCUT2D eigenvalue weighted by atomic mass is 35.5. The molecule has 1 aliphatic heterocycles. The van der Waals surface area contributed by atoms with E-state index in [0.717, 1.165) is 24.5 Å².